The molecule has 0 radical (unpaired) electrons. The maximum atomic E-state index is 12.3. The van der Waals surface area contributed by atoms with Crippen LogP contribution in [0.3, 0.4) is 0 Å². The third kappa shape index (κ3) is 5.77. The van der Waals surface area contributed by atoms with Gasteiger partial charge in [-0.3, -0.25) is 4.79 Å². The molecule has 1 aliphatic heterocycles. The predicted octanol–water partition coefficient (Wildman–Crippen LogP) is 5.27. The van der Waals surface area contributed by atoms with E-state index >= 15 is 0 Å². The molecule has 1 N–H and O–H groups in total. The van der Waals surface area contributed by atoms with Gasteiger partial charge in [0.05, 0.1) is 0 Å². The molecule has 1 unspecified atom stereocenters. The van der Waals surface area contributed by atoms with E-state index in [2.05, 4.69) is 41.3 Å². The van der Waals surface area contributed by atoms with Crippen LogP contribution in [0.1, 0.15) is 12.0 Å². The number of carbonyl (C=O) groups excluding carboxylic acids is 1. The molecule has 0 aliphatic carbocycles. The predicted molar refractivity (Wildman–Crippen MR) is 131 cm³/mol. The van der Waals surface area contributed by atoms with Gasteiger partial charge in [-0.1, -0.05) is 30.3 Å². The van der Waals surface area contributed by atoms with Crippen molar-refractivity contribution in [2.24, 2.45) is 0 Å². The molecule has 3 aromatic rings. The van der Waals surface area contributed by atoms with Crippen molar-refractivity contribution < 1.29 is 9.53 Å². The highest BCUT2D eigenvalue weighted by Crippen LogP contribution is 2.24. The monoisotopic (exact) mass is 427 g/mol. The third-order valence-electron chi connectivity index (χ3n) is 5.68. The summed E-state index contributed by atoms with van der Waals surface area (Å²) in [5, 5.41) is 2.92. The molecule has 0 saturated carbocycles. The Bertz CT molecular complexity index is 1040. The Balaban J connectivity index is 1.29. The number of hydrogen-bond acceptors (Lipinski definition) is 4. The van der Waals surface area contributed by atoms with Gasteiger partial charge in [-0.2, -0.15) is 0 Å². The molecule has 0 bridgehead atoms. The second-order valence-electron chi connectivity index (χ2n) is 8.21. The normalized spacial score (nSPS) is 16.0. The number of hydrogen-bond donors (Lipinski definition) is 1. The van der Waals surface area contributed by atoms with Gasteiger partial charge in [-0.25, -0.2) is 0 Å². The van der Waals surface area contributed by atoms with Crippen molar-refractivity contribution in [1.29, 1.82) is 0 Å². The Morgan fingerprint density at radius 2 is 1.66 bits per heavy atom. The summed E-state index contributed by atoms with van der Waals surface area (Å²) in [5.74, 6) is 1.40. The van der Waals surface area contributed by atoms with E-state index in [0.29, 0.717) is 6.04 Å². The lowest BCUT2D eigenvalue weighted by atomic mass is 10.2. The SMILES string of the molecule is CN(C)C1CCN(c2ccc(NC(=O)/C=C/c3ccc(Oc4ccccc4)cc3)cc2)C1. The lowest BCUT2D eigenvalue weighted by Gasteiger charge is -2.22. The zero-order chi connectivity index (χ0) is 22.3. The number of benzene rings is 3. The molecule has 32 heavy (non-hydrogen) atoms. The van der Waals surface area contributed by atoms with Gasteiger partial charge >= 0.3 is 0 Å². The Hall–Kier alpha value is -3.57. The van der Waals surface area contributed by atoms with Crippen molar-refractivity contribution >= 4 is 23.4 Å². The summed E-state index contributed by atoms with van der Waals surface area (Å²) in [4.78, 5) is 17.0. The quantitative estimate of drug-likeness (QED) is 0.522. The van der Waals surface area contributed by atoms with E-state index in [0.717, 1.165) is 35.8 Å². The topological polar surface area (TPSA) is 44.8 Å². The van der Waals surface area contributed by atoms with Crippen LogP contribution in [0, 0.1) is 0 Å². The van der Waals surface area contributed by atoms with Crippen molar-refractivity contribution in [2.45, 2.75) is 12.5 Å². The van der Waals surface area contributed by atoms with Crippen LogP contribution in [0.2, 0.25) is 0 Å². The van der Waals surface area contributed by atoms with Gasteiger partial charge < -0.3 is 19.9 Å². The average molecular weight is 428 g/mol. The number of amides is 1. The Labute approximate surface area is 189 Å². The van der Waals surface area contributed by atoms with E-state index in [1.54, 1.807) is 12.2 Å². The summed E-state index contributed by atoms with van der Waals surface area (Å²) in [6.45, 7) is 2.10. The molecule has 0 aromatic heterocycles. The van der Waals surface area contributed by atoms with Crippen molar-refractivity contribution in [3.8, 4) is 11.5 Å². The van der Waals surface area contributed by atoms with Crippen LogP contribution in [-0.4, -0.2) is 44.0 Å². The summed E-state index contributed by atoms with van der Waals surface area (Å²) in [7, 11) is 4.26. The van der Waals surface area contributed by atoms with E-state index in [4.69, 9.17) is 4.74 Å². The number of anilines is 2. The first-order chi connectivity index (χ1) is 15.6. The van der Waals surface area contributed by atoms with Crippen molar-refractivity contribution in [3.63, 3.8) is 0 Å². The summed E-state index contributed by atoms with van der Waals surface area (Å²) in [6.07, 6.45) is 4.51. The second kappa shape index (κ2) is 10.2. The molecular formula is C27H29N3O2. The number of carbonyl (C=O) groups is 1. The lowest BCUT2D eigenvalue weighted by Crippen LogP contribution is -2.31. The number of likely N-dealkylation sites (N-methyl/N-ethyl adjacent to an activating group) is 1. The molecule has 1 amide bonds. The fourth-order valence-electron chi connectivity index (χ4n) is 3.78. The van der Waals surface area contributed by atoms with Crippen molar-refractivity contribution in [3.05, 3.63) is 90.5 Å². The molecule has 0 spiro atoms. The van der Waals surface area contributed by atoms with Gasteiger partial charge in [0.15, 0.2) is 0 Å². The van der Waals surface area contributed by atoms with Gasteiger partial charge in [0, 0.05) is 36.6 Å². The molecule has 164 valence electrons. The summed E-state index contributed by atoms with van der Waals surface area (Å²) in [5.41, 5.74) is 2.92. The summed E-state index contributed by atoms with van der Waals surface area (Å²) < 4.78 is 5.79. The van der Waals surface area contributed by atoms with Crippen LogP contribution >= 0.6 is 0 Å². The fraction of sp³-hybridized carbons (Fsp3) is 0.222. The Morgan fingerprint density at radius 1 is 0.969 bits per heavy atom. The second-order valence-corrected chi connectivity index (χ2v) is 8.21. The van der Waals surface area contributed by atoms with Crippen molar-refractivity contribution in [1.82, 2.24) is 4.90 Å². The number of rotatable bonds is 7. The minimum atomic E-state index is -0.156. The molecule has 4 rings (SSSR count). The van der Waals surface area contributed by atoms with Crippen LogP contribution in [0.15, 0.2) is 84.9 Å². The van der Waals surface area contributed by atoms with Crippen LogP contribution in [-0.2, 0) is 4.79 Å². The highest BCUT2D eigenvalue weighted by Gasteiger charge is 2.23. The number of para-hydroxylation sites is 1. The first-order valence-electron chi connectivity index (χ1n) is 10.9. The fourth-order valence-corrected chi connectivity index (χ4v) is 3.78. The maximum absolute atomic E-state index is 12.3. The Morgan fingerprint density at radius 3 is 2.31 bits per heavy atom. The standard InChI is InChI=1S/C27H29N3O2/c1-29(2)24-18-19-30(20-24)23-13-11-22(12-14-23)28-27(31)17-10-21-8-15-26(16-9-21)32-25-6-4-3-5-7-25/h3-17,24H,18-20H2,1-2H3,(H,28,31)/b17-10+. The molecule has 1 atom stereocenters. The number of ether oxygens (including phenoxy) is 1. The van der Waals surface area contributed by atoms with Crippen LogP contribution in [0.5, 0.6) is 11.5 Å². The van der Waals surface area contributed by atoms with Gasteiger partial charge in [0.2, 0.25) is 5.91 Å². The minimum Gasteiger partial charge on any atom is -0.457 e. The molecule has 1 heterocycles. The first-order valence-corrected chi connectivity index (χ1v) is 10.9. The highest BCUT2D eigenvalue weighted by atomic mass is 16.5. The molecule has 5 heteroatoms. The molecule has 5 nitrogen and oxygen atoms in total. The van der Waals surface area contributed by atoms with Crippen molar-refractivity contribution in [2.75, 3.05) is 37.4 Å². The van der Waals surface area contributed by atoms with E-state index in [1.807, 2.05) is 66.7 Å². The highest BCUT2D eigenvalue weighted by molar-refractivity contribution is 6.02. The summed E-state index contributed by atoms with van der Waals surface area (Å²) >= 11 is 0. The zero-order valence-corrected chi connectivity index (χ0v) is 18.6. The molecule has 1 saturated heterocycles. The van der Waals surface area contributed by atoms with Crippen LogP contribution in [0.25, 0.3) is 6.08 Å². The number of nitrogens with zero attached hydrogens (tertiary/aromatic N) is 2. The largest absolute Gasteiger partial charge is 0.457 e. The van der Waals surface area contributed by atoms with Crippen LogP contribution in [0.4, 0.5) is 11.4 Å². The van der Waals surface area contributed by atoms with E-state index in [9.17, 15) is 4.79 Å². The minimum absolute atomic E-state index is 0.156. The average Bonchev–Trinajstić information content (AvgIpc) is 3.31. The van der Waals surface area contributed by atoms with Gasteiger partial charge in [-0.15, -0.1) is 0 Å². The zero-order valence-electron chi connectivity index (χ0n) is 18.6. The Kier molecular flexibility index (Phi) is 6.87. The lowest BCUT2D eigenvalue weighted by molar-refractivity contribution is -0.111. The van der Waals surface area contributed by atoms with Crippen LogP contribution < -0.4 is 15.0 Å². The van der Waals surface area contributed by atoms with Gasteiger partial charge in [0.1, 0.15) is 11.5 Å². The molecule has 1 aliphatic rings. The van der Waals surface area contributed by atoms with E-state index < -0.39 is 0 Å². The smallest absolute Gasteiger partial charge is 0.248 e. The third-order valence-corrected chi connectivity index (χ3v) is 5.68. The van der Waals surface area contributed by atoms with Gasteiger partial charge in [0.25, 0.3) is 0 Å². The summed E-state index contributed by atoms with van der Waals surface area (Å²) in [6, 6.07) is 25.9. The first kappa shape index (κ1) is 21.7. The molecular weight excluding hydrogens is 398 g/mol. The van der Waals surface area contributed by atoms with E-state index in [1.165, 1.54) is 12.1 Å². The number of nitrogens with one attached hydrogen (secondary N) is 1. The molecule has 3 aromatic carbocycles. The van der Waals surface area contributed by atoms with Gasteiger partial charge in [-0.05, 0) is 80.7 Å². The molecule has 1 fully saturated rings. The maximum Gasteiger partial charge on any atom is 0.248 e. The van der Waals surface area contributed by atoms with E-state index in [-0.39, 0.29) is 5.91 Å².